The highest BCUT2D eigenvalue weighted by Gasteiger charge is 2.33. The molecule has 2 aromatic rings. The molecule has 1 aliphatic heterocycles. The first kappa shape index (κ1) is 49.3. The zero-order valence-corrected chi connectivity index (χ0v) is 29.0. The first-order valence-electron chi connectivity index (χ1n) is 13.7. The van der Waals surface area contributed by atoms with E-state index in [0.717, 1.165) is 25.7 Å². The van der Waals surface area contributed by atoms with Crippen molar-refractivity contribution in [1.82, 2.24) is 9.97 Å². The molecule has 6 N–H and O–H groups in total. The van der Waals surface area contributed by atoms with Crippen molar-refractivity contribution in [1.29, 1.82) is 0 Å². The molecule has 2 heterocycles. The molecule has 5 unspecified atom stereocenters. The zero-order valence-electron chi connectivity index (χ0n) is 27.8. The van der Waals surface area contributed by atoms with E-state index in [4.69, 9.17) is 34.7 Å². The molecule has 1 saturated heterocycles. The second-order valence-electron chi connectivity index (χ2n) is 7.56. The van der Waals surface area contributed by atoms with Crippen molar-refractivity contribution in [3.63, 3.8) is 0 Å². The Kier molecular flexibility index (Phi) is 43.0. The number of hydrogen-bond acceptors (Lipinski definition) is 10. The maximum absolute atomic E-state index is 10.3. The number of aromatic nitrogens is 2. The fourth-order valence-corrected chi connectivity index (χ4v) is 2.62. The third-order valence-electron chi connectivity index (χ3n) is 4.71. The van der Waals surface area contributed by atoms with Crippen LogP contribution >= 0.6 is 9.47 Å². The summed E-state index contributed by atoms with van der Waals surface area (Å²) < 4.78 is 20.1. The van der Waals surface area contributed by atoms with Crippen LogP contribution in [0.1, 0.15) is 60.6 Å². The van der Waals surface area contributed by atoms with Crippen molar-refractivity contribution in [3.05, 3.63) is 71.1 Å². The van der Waals surface area contributed by atoms with E-state index >= 15 is 0 Å². The lowest BCUT2D eigenvalue weighted by molar-refractivity contribution is -0.0171. The van der Waals surface area contributed by atoms with Gasteiger partial charge in [-0.05, 0) is 45.9 Å². The number of hydrogen-bond donors (Lipinski definition) is 5. The van der Waals surface area contributed by atoms with Gasteiger partial charge in [0.2, 0.25) is 0 Å². The van der Waals surface area contributed by atoms with Gasteiger partial charge in [-0.1, -0.05) is 52.5 Å². The number of aromatic amines is 1. The van der Waals surface area contributed by atoms with Crippen LogP contribution in [0, 0.1) is 6.92 Å². The van der Waals surface area contributed by atoms with Gasteiger partial charge in [-0.2, -0.15) is 0 Å². The van der Waals surface area contributed by atoms with Gasteiger partial charge in [0.1, 0.15) is 11.5 Å². The number of benzene rings is 1. The van der Waals surface area contributed by atoms with E-state index in [-0.39, 0.29) is 36.1 Å². The summed E-state index contributed by atoms with van der Waals surface area (Å²) in [5.41, 5.74) is 5.87. The van der Waals surface area contributed by atoms with Gasteiger partial charge in [0.05, 0.1) is 44.7 Å². The fourth-order valence-electron chi connectivity index (χ4n) is 2.44. The van der Waals surface area contributed by atoms with Gasteiger partial charge in [-0.3, -0.25) is 0 Å². The number of nitrogens with zero attached hydrogens (tertiary/aromatic N) is 1. The number of aliphatic hydroxyl groups is 3. The summed E-state index contributed by atoms with van der Waals surface area (Å²) in [7, 11) is 7.43. The Morgan fingerprint density at radius 3 is 1.83 bits per heavy atom. The molecule has 12 heteroatoms. The quantitative estimate of drug-likeness (QED) is 0.240. The van der Waals surface area contributed by atoms with Crippen molar-refractivity contribution in [2.45, 2.75) is 92.3 Å². The first-order chi connectivity index (χ1) is 20.0. The van der Waals surface area contributed by atoms with E-state index < -0.39 is 0 Å². The zero-order chi connectivity index (χ0) is 34.1. The van der Waals surface area contributed by atoms with Crippen LogP contribution < -0.4 is 16.2 Å². The van der Waals surface area contributed by atoms with Crippen molar-refractivity contribution in [2.24, 2.45) is 5.73 Å². The Hall–Kier alpha value is -2.37. The number of H-pyrrole nitrogens is 1. The summed E-state index contributed by atoms with van der Waals surface area (Å²) >= 11 is 0. The monoisotopic (exact) mass is 621 g/mol. The van der Waals surface area contributed by atoms with Crippen LogP contribution in [0.15, 0.2) is 59.7 Å². The molecule has 6 atom stereocenters. The minimum Gasteiger partial charge on any atom is -0.500 e. The van der Waals surface area contributed by atoms with E-state index in [0.29, 0.717) is 12.2 Å². The molecular weight excluding hydrogens is 561 g/mol. The van der Waals surface area contributed by atoms with Crippen molar-refractivity contribution < 1.29 is 34.1 Å². The van der Waals surface area contributed by atoms with Gasteiger partial charge >= 0.3 is 5.69 Å². The fraction of sp³-hybridized carbons (Fsp3) is 0.600. The number of methoxy groups -OCH3 is 2. The predicted octanol–water partition coefficient (Wildman–Crippen LogP) is 4.26. The van der Waals surface area contributed by atoms with Gasteiger partial charge in [0.15, 0.2) is 0 Å². The number of para-hydroxylation sites is 1. The molecule has 1 aromatic heterocycles. The van der Waals surface area contributed by atoms with Crippen LogP contribution in [0.2, 0.25) is 0 Å². The summed E-state index contributed by atoms with van der Waals surface area (Å²) in [6.07, 6.45) is 1.85. The largest absolute Gasteiger partial charge is 0.500 e. The van der Waals surface area contributed by atoms with Gasteiger partial charge in [-0.25, -0.2) is 9.78 Å². The highest BCUT2D eigenvalue weighted by molar-refractivity contribution is 7.09. The van der Waals surface area contributed by atoms with Crippen LogP contribution in [0.5, 0.6) is 5.75 Å². The predicted molar refractivity (Wildman–Crippen MR) is 177 cm³/mol. The molecule has 1 fully saturated rings. The van der Waals surface area contributed by atoms with Gasteiger partial charge in [0.25, 0.3) is 0 Å². The highest BCUT2D eigenvalue weighted by Crippen LogP contribution is 2.24. The van der Waals surface area contributed by atoms with Crippen LogP contribution in [-0.4, -0.2) is 84.2 Å². The molecule has 0 radical (unpaired) electrons. The highest BCUT2D eigenvalue weighted by atomic mass is 31.0. The minimum atomic E-state index is -0.331. The lowest BCUT2D eigenvalue weighted by Crippen LogP contribution is -2.23. The van der Waals surface area contributed by atoms with E-state index in [9.17, 15) is 9.90 Å². The molecule has 42 heavy (non-hydrogen) atoms. The van der Waals surface area contributed by atoms with E-state index in [1.807, 2.05) is 85.7 Å². The van der Waals surface area contributed by atoms with E-state index in [1.165, 1.54) is 6.20 Å². The molecule has 0 saturated carbocycles. The molecule has 0 aliphatic carbocycles. The van der Waals surface area contributed by atoms with E-state index in [2.05, 4.69) is 26.0 Å². The molecule has 0 spiro atoms. The average Bonchev–Trinajstić information content (AvgIpc) is 3.39. The second kappa shape index (κ2) is 36.7. The summed E-state index contributed by atoms with van der Waals surface area (Å²) in [5.74, 6) is 1.53. The van der Waals surface area contributed by atoms with Crippen molar-refractivity contribution in [3.8, 4) is 5.75 Å². The lowest BCUT2D eigenvalue weighted by Gasteiger charge is -2.16. The minimum absolute atomic E-state index is 0.0394. The number of ether oxygens (including phenoxy) is 3. The van der Waals surface area contributed by atoms with Crippen LogP contribution in [0.25, 0.3) is 0 Å². The van der Waals surface area contributed by atoms with Crippen molar-refractivity contribution in [2.75, 3.05) is 28.4 Å². The molecule has 248 valence electrons. The average molecular weight is 622 g/mol. The van der Waals surface area contributed by atoms with Crippen LogP contribution in [0.4, 0.5) is 0 Å². The maximum atomic E-state index is 10.3. The SMILES string of the molecule is C=C(OC)[C@@H](C)N.CC.CC.CC1OC(C(C)OP)CC1O.CO.CO.COc1ccccc1.Cc1ccnc(=O)[nH]1. The molecule has 1 aliphatic rings. The summed E-state index contributed by atoms with van der Waals surface area (Å²) in [6, 6.07) is 11.4. The Morgan fingerprint density at radius 2 is 1.60 bits per heavy atom. The normalized spacial score (nSPS) is 16.8. The Bertz CT molecular complexity index is 848. The first-order valence-corrected chi connectivity index (χ1v) is 14.2. The molecule has 3 rings (SSSR count). The maximum Gasteiger partial charge on any atom is 0.345 e. The van der Waals surface area contributed by atoms with Gasteiger partial charge in [0, 0.05) is 42.0 Å². The summed E-state index contributed by atoms with van der Waals surface area (Å²) in [5, 5.41) is 23.3. The smallest absolute Gasteiger partial charge is 0.345 e. The van der Waals surface area contributed by atoms with Gasteiger partial charge < -0.3 is 44.8 Å². The molecular formula is C30H60N3O8P. The van der Waals surface area contributed by atoms with E-state index in [1.54, 1.807) is 20.3 Å². The molecule has 0 bridgehead atoms. The molecule has 11 nitrogen and oxygen atoms in total. The lowest BCUT2D eigenvalue weighted by atomic mass is 10.1. The van der Waals surface area contributed by atoms with Crippen LogP contribution in [-0.2, 0) is 14.0 Å². The standard InChI is InChI=1S/C7H15O3P.C7H8O.C5H6N2O.C5H11NO.2C2H6.2CH4O/c1-4-6(8)3-7(9-4)5(2)10-11;1-8-7-5-3-2-4-6-7;1-4-2-3-6-5(8)7-4;1-4(6)5(2)7-3;4*1-2/h4-8H,3,11H2,1-2H3;2-6H,1H3;2-3H,1H3,(H,6,7,8);4H,2,6H2,1,3H3;2*1-2H3;2*2H,1H3/t;;;4-;;;;/m...1..../s1. The van der Waals surface area contributed by atoms with Gasteiger partial charge in [-0.15, -0.1) is 0 Å². The van der Waals surface area contributed by atoms with Crippen LogP contribution in [0.3, 0.4) is 0 Å². The number of nitrogens with one attached hydrogen (secondary N) is 1. The Balaban J connectivity index is -0.000000135. The second-order valence-corrected chi connectivity index (χ2v) is 7.83. The topological polar surface area (TPSA) is 169 Å². The summed E-state index contributed by atoms with van der Waals surface area (Å²) in [6.45, 7) is 19.0. The number of rotatable bonds is 5. The third-order valence-corrected chi connectivity index (χ3v) is 5.14. The third kappa shape index (κ3) is 29.1. The number of aryl methyl sites for hydroxylation is 1. The number of nitrogens with two attached hydrogens (primary N) is 1. The Morgan fingerprint density at radius 1 is 1.10 bits per heavy atom. The molecule has 0 amide bonds. The number of aliphatic hydroxyl groups excluding tert-OH is 3. The van der Waals surface area contributed by atoms with Crippen molar-refractivity contribution >= 4 is 9.47 Å². The Labute approximate surface area is 256 Å². The molecule has 1 aromatic carbocycles. The summed E-state index contributed by atoms with van der Waals surface area (Å²) in [4.78, 5) is 16.3.